The van der Waals surface area contributed by atoms with Crippen molar-refractivity contribution in [1.82, 2.24) is 0 Å². The molecule has 2 aromatic carbocycles. The van der Waals surface area contributed by atoms with Gasteiger partial charge in [0.25, 0.3) is 0 Å². The molecule has 0 bridgehead atoms. The quantitative estimate of drug-likeness (QED) is 0.818. The number of sulfone groups is 1. The molecule has 0 saturated carbocycles. The van der Waals surface area contributed by atoms with Crippen molar-refractivity contribution in [3.05, 3.63) is 64.7 Å². The largest absolute Gasteiger partial charge is 0.478 e. The minimum absolute atomic E-state index is 0.167. The zero-order valence-corrected chi connectivity index (χ0v) is 15.7. The molecule has 1 aliphatic heterocycles. The van der Waals surface area contributed by atoms with Gasteiger partial charge in [-0.15, -0.1) is 0 Å². The first kappa shape index (κ1) is 18.4. The molecule has 1 N–H and O–H groups in total. The van der Waals surface area contributed by atoms with Crippen LogP contribution in [0.4, 0.5) is 0 Å². The van der Waals surface area contributed by atoms with Crippen molar-refractivity contribution in [2.75, 3.05) is 5.75 Å². The number of aromatic carboxylic acids is 1. The average Bonchev–Trinajstić information content (AvgIpc) is 2.70. The van der Waals surface area contributed by atoms with Crippen molar-refractivity contribution in [1.29, 1.82) is 0 Å². The Morgan fingerprint density at radius 3 is 2.42 bits per heavy atom. The fourth-order valence-electron chi connectivity index (χ4n) is 3.33. The van der Waals surface area contributed by atoms with Gasteiger partial charge < -0.3 is 5.11 Å². The lowest BCUT2D eigenvalue weighted by Gasteiger charge is -2.10. The van der Waals surface area contributed by atoms with E-state index in [-0.39, 0.29) is 17.2 Å². The van der Waals surface area contributed by atoms with Gasteiger partial charge in [0.2, 0.25) is 0 Å². The molecule has 3 rings (SSSR count). The summed E-state index contributed by atoms with van der Waals surface area (Å²) in [6.07, 6.45) is 3.61. The van der Waals surface area contributed by atoms with E-state index in [1.807, 2.05) is 32.1 Å². The van der Waals surface area contributed by atoms with Crippen LogP contribution in [0.5, 0.6) is 0 Å². The molecule has 136 valence electrons. The first-order chi connectivity index (χ1) is 12.3. The standard InChI is InChI=1S/C21H22O4S/c1-14-3-6-19-12-18(9-10-20(19)26(24,25)13-14)15(2)11-16-4-7-17(8-5-16)21(22)23/h4-5,7-12,14H,3,6,13H2,1-2H3,(H,22,23). The van der Waals surface area contributed by atoms with E-state index in [4.69, 9.17) is 5.11 Å². The summed E-state index contributed by atoms with van der Waals surface area (Å²) in [4.78, 5) is 11.4. The van der Waals surface area contributed by atoms with Gasteiger partial charge >= 0.3 is 5.97 Å². The number of rotatable bonds is 3. The Morgan fingerprint density at radius 1 is 1.12 bits per heavy atom. The van der Waals surface area contributed by atoms with Crippen molar-refractivity contribution in [2.24, 2.45) is 5.92 Å². The molecule has 0 aliphatic carbocycles. The van der Waals surface area contributed by atoms with E-state index in [1.165, 1.54) is 0 Å². The zero-order valence-electron chi connectivity index (χ0n) is 14.9. The Hall–Kier alpha value is -2.40. The number of aryl methyl sites for hydroxylation is 1. The third-order valence-corrected chi connectivity index (χ3v) is 6.88. The smallest absolute Gasteiger partial charge is 0.335 e. The van der Waals surface area contributed by atoms with Gasteiger partial charge in [-0.1, -0.05) is 37.3 Å². The second kappa shape index (κ2) is 7.08. The average molecular weight is 370 g/mol. The maximum atomic E-state index is 12.5. The third kappa shape index (κ3) is 3.88. The Kier molecular flexibility index (Phi) is 5.01. The Morgan fingerprint density at radius 2 is 1.77 bits per heavy atom. The molecule has 0 amide bonds. The summed E-state index contributed by atoms with van der Waals surface area (Å²) < 4.78 is 25.0. The lowest BCUT2D eigenvalue weighted by Crippen LogP contribution is -2.11. The van der Waals surface area contributed by atoms with E-state index in [2.05, 4.69) is 0 Å². The summed E-state index contributed by atoms with van der Waals surface area (Å²) in [6.45, 7) is 3.96. The highest BCUT2D eigenvalue weighted by Crippen LogP contribution is 2.30. The Balaban J connectivity index is 1.94. The van der Waals surface area contributed by atoms with E-state index in [0.29, 0.717) is 4.90 Å². The van der Waals surface area contributed by atoms with Crippen LogP contribution in [-0.2, 0) is 16.3 Å². The second-order valence-corrected chi connectivity index (χ2v) is 9.00. The molecular weight excluding hydrogens is 348 g/mol. The highest BCUT2D eigenvalue weighted by molar-refractivity contribution is 7.91. The number of carboxylic acid groups (broad SMARTS) is 1. The summed E-state index contributed by atoms with van der Waals surface area (Å²) >= 11 is 0. The van der Waals surface area contributed by atoms with Crippen molar-refractivity contribution < 1.29 is 18.3 Å². The summed E-state index contributed by atoms with van der Waals surface area (Å²) in [5.74, 6) is -0.567. The fourth-order valence-corrected chi connectivity index (χ4v) is 5.26. The lowest BCUT2D eigenvalue weighted by molar-refractivity contribution is 0.0697. The van der Waals surface area contributed by atoms with Gasteiger partial charge in [-0.25, -0.2) is 13.2 Å². The highest BCUT2D eigenvalue weighted by Gasteiger charge is 2.25. The second-order valence-electron chi connectivity index (χ2n) is 7.00. The first-order valence-electron chi connectivity index (χ1n) is 8.64. The molecule has 2 aromatic rings. The lowest BCUT2D eigenvalue weighted by atomic mass is 9.98. The molecule has 1 heterocycles. The number of hydrogen-bond acceptors (Lipinski definition) is 3. The molecule has 0 radical (unpaired) electrons. The number of carbonyl (C=O) groups is 1. The summed E-state index contributed by atoms with van der Waals surface area (Å²) in [7, 11) is -3.22. The summed E-state index contributed by atoms with van der Waals surface area (Å²) in [6, 6.07) is 12.2. The SMILES string of the molecule is CC(=Cc1ccc(C(=O)O)cc1)c1ccc2c(c1)CCC(C)CS2(=O)=O. The van der Waals surface area contributed by atoms with Gasteiger partial charge in [0, 0.05) is 0 Å². The normalized spacial score (nSPS) is 19.5. The van der Waals surface area contributed by atoms with Crippen LogP contribution in [0.15, 0.2) is 47.4 Å². The molecule has 1 atom stereocenters. The van der Waals surface area contributed by atoms with Crippen LogP contribution in [-0.4, -0.2) is 25.2 Å². The van der Waals surface area contributed by atoms with Crippen molar-refractivity contribution in [3.63, 3.8) is 0 Å². The Bertz CT molecular complexity index is 970. The molecule has 1 aliphatic rings. The predicted molar refractivity (Wildman–Crippen MR) is 103 cm³/mol. The molecule has 4 nitrogen and oxygen atoms in total. The predicted octanol–water partition coefficient (Wildman–Crippen LogP) is 4.30. The molecule has 0 spiro atoms. The number of hydrogen-bond donors (Lipinski definition) is 1. The Labute approximate surface area is 154 Å². The molecule has 0 saturated heterocycles. The van der Waals surface area contributed by atoms with Gasteiger partial charge in [0.1, 0.15) is 0 Å². The van der Waals surface area contributed by atoms with Gasteiger partial charge in [-0.2, -0.15) is 0 Å². The van der Waals surface area contributed by atoms with Crippen LogP contribution in [0.3, 0.4) is 0 Å². The zero-order chi connectivity index (χ0) is 18.9. The van der Waals surface area contributed by atoms with E-state index >= 15 is 0 Å². The summed E-state index contributed by atoms with van der Waals surface area (Å²) in [5, 5.41) is 8.97. The van der Waals surface area contributed by atoms with Crippen molar-refractivity contribution in [2.45, 2.75) is 31.6 Å². The maximum absolute atomic E-state index is 12.5. The molecule has 0 fully saturated rings. The van der Waals surface area contributed by atoms with E-state index in [0.717, 1.165) is 35.1 Å². The number of fused-ring (bicyclic) bond motifs is 1. The van der Waals surface area contributed by atoms with Crippen molar-refractivity contribution in [3.8, 4) is 0 Å². The molecule has 5 heteroatoms. The fraction of sp³-hybridized carbons (Fsp3) is 0.286. The van der Waals surface area contributed by atoms with Crippen LogP contribution in [0, 0.1) is 5.92 Å². The first-order valence-corrected chi connectivity index (χ1v) is 10.3. The third-order valence-electron chi connectivity index (χ3n) is 4.80. The van der Waals surface area contributed by atoms with Crippen LogP contribution in [0.1, 0.15) is 47.3 Å². The van der Waals surface area contributed by atoms with Crippen LogP contribution in [0.2, 0.25) is 0 Å². The minimum atomic E-state index is -3.22. The number of allylic oxidation sites excluding steroid dienone is 1. The van der Waals surface area contributed by atoms with Crippen molar-refractivity contribution >= 4 is 27.5 Å². The van der Waals surface area contributed by atoms with Crippen LogP contribution >= 0.6 is 0 Å². The molecule has 0 aromatic heterocycles. The highest BCUT2D eigenvalue weighted by atomic mass is 32.2. The van der Waals surface area contributed by atoms with Crippen LogP contribution < -0.4 is 0 Å². The minimum Gasteiger partial charge on any atom is -0.478 e. The van der Waals surface area contributed by atoms with Gasteiger partial charge in [0.15, 0.2) is 9.84 Å². The molecular formula is C21H22O4S. The van der Waals surface area contributed by atoms with Crippen LogP contribution in [0.25, 0.3) is 11.6 Å². The monoisotopic (exact) mass is 370 g/mol. The van der Waals surface area contributed by atoms with Gasteiger partial charge in [-0.05, 0) is 66.1 Å². The number of benzene rings is 2. The molecule has 26 heavy (non-hydrogen) atoms. The summed E-state index contributed by atoms with van der Waals surface area (Å²) in [5.41, 5.74) is 4.04. The van der Waals surface area contributed by atoms with Gasteiger partial charge in [-0.3, -0.25) is 0 Å². The van der Waals surface area contributed by atoms with E-state index in [1.54, 1.807) is 30.3 Å². The topological polar surface area (TPSA) is 71.4 Å². The van der Waals surface area contributed by atoms with E-state index in [9.17, 15) is 13.2 Å². The van der Waals surface area contributed by atoms with Gasteiger partial charge in [0.05, 0.1) is 16.2 Å². The van der Waals surface area contributed by atoms with E-state index < -0.39 is 15.8 Å². The maximum Gasteiger partial charge on any atom is 0.335 e. The molecule has 1 unspecified atom stereocenters. The number of carboxylic acids is 1.